The molecule has 0 radical (unpaired) electrons. The predicted molar refractivity (Wildman–Crippen MR) is 41.8 cm³/mol. The zero-order valence-corrected chi connectivity index (χ0v) is 6.41. The Morgan fingerprint density at radius 1 is 1.23 bits per heavy atom. The molecular formula is C7H7NO5. The maximum Gasteiger partial charge on any atom is 0.503 e. The van der Waals surface area contributed by atoms with Gasteiger partial charge in [-0.05, 0) is 12.1 Å². The average molecular weight is 185 g/mol. The average Bonchev–Trinajstić information content (AvgIpc) is 2.05. The molecule has 3 N–H and O–H groups in total. The van der Waals surface area contributed by atoms with E-state index in [1.54, 1.807) is 6.07 Å². The van der Waals surface area contributed by atoms with Crippen molar-refractivity contribution in [3.63, 3.8) is 0 Å². The summed E-state index contributed by atoms with van der Waals surface area (Å²) >= 11 is 0. The quantitative estimate of drug-likeness (QED) is 0.602. The van der Waals surface area contributed by atoms with E-state index in [9.17, 15) is 4.79 Å². The van der Waals surface area contributed by atoms with Gasteiger partial charge in [0.25, 0.3) is 0 Å². The molecule has 1 aromatic heterocycles. The minimum atomic E-state index is -1.83. The summed E-state index contributed by atoms with van der Waals surface area (Å²) in [5.41, 5.74) is 0.220. The topological polar surface area (TPSA) is 108 Å². The monoisotopic (exact) mass is 185 g/mol. The fraction of sp³-hybridized carbons (Fsp3) is 0. The Morgan fingerprint density at radius 2 is 1.77 bits per heavy atom. The van der Waals surface area contributed by atoms with Gasteiger partial charge in [-0.2, -0.15) is 0 Å². The number of pyridine rings is 1. The molecule has 0 unspecified atom stereocenters. The summed E-state index contributed by atoms with van der Waals surface area (Å²) in [5.74, 6) is -0.942. The SMILES string of the molecule is O=C(O)O.O=C(O)c1cccnc1. The first-order chi connectivity index (χ1) is 6.04. The molecule has 0 aliphatic carbocycles. The molecule has 0 aliphatic heterocycles. The fourth-order valence-electron chi connectivity index (χ4n) is 0.489. The minimum absolute atomic E-state index is 0.220. The van der Waals surface area contributed by atoms with E-state index >= 15 is 0 Å². The van der Waals surface area contributed by atoms with Crippen molar-refractivity contribution >= 4 is 12.1 Å². The van der Waals surface area contributed by atoms with Crippen molar-refractivity contribution in [3.8, 4) is 0 Å². The molecule has 13 heavy (non-hydrogen) atoms. The number of nitrogens with zero attached hydrogens (tertiary/aromatic N) is 1. The summed E-state index contributed by atoms with van der Waals surface area (Å²) in [5, 5.41) is 22.3. The third-order valence-electron chi connectivity index (χ3n) is 0.908. The number of aromatic nitrogens is 1. The van der Waals surface area contributed by atoms with Crippen LogP contribution in [0.25, 0.3) is 0 Å². The lowest BCUT2D eigenvalue weighted by atomic mass is 10.3. The molecular weight excluding hydrogens is 178 g/mol. The molecule has 0 atom stereocenters. The molecule has 0 fully saturated rings. The summed E-state index contributed by atoms with van der Waals surface area (Å²) in [6, 6.07) is 3.08. The molecule has 1 rings (SSSR count). The van der Waals surface area contributed by atoms with Crippen molar-refractivity contribution in [2.45, 2.75) is 0 Å². The third kappa shape index (κ3) is 6.29. The van der Waals surface area contributed by atoms with Crippen LogP contribution in [0.2, 0.25) is 0 Å². The highest BCUT2D eigenvalue weighted by Gasteiger charge is 1.97. The first-order valence-corrected chi connectivity index (χ1v) is 3.09. The molecule has 70 valence electrons. The first-order valence-electron chi connectivity index (χ1n) is 3.09. The molecule has 1 heterocycles. The maximum absolute atomic E-state index is 10.2. The maximum atomic E-state index is 10.2. The van der Waals surface area contributed by atoms with Gasteiger partial charge in [-0.15, -0.1) is 0 Å². The van der Waals surface area contributed by atoms with Gasteiger partial charge < -0.3 is 15.3 Å². The molecule has 6 nitrogen and oxygen atoms in total. The highest BCUT2D eigenvalue weighted by molar-refractivity contribution is 5.86. The smallest absolute Gasteiger partial charge is 0.478 e. The lowest BCUT2D eigenvalue weighted by Gasteiger charge is -1.87. The summed E-state index contributed by atoms with van der Waals surface area (Å²) in [4.78, 5) is 22.3. The second-order valence-electron chi connectivity index (χ2n) is 1.83. The van der Waals surface area contributed by atoms with E-state index in [-0.39, 0.29) is 5.56 Å². The second kappa shape index (κ2) is 5.53. The molecule has 0 saturated carbocycles. The fourth-order valence-corrected chi connectivity index (χ4v) is 0.489. The molecule has 0 amide bonds. The van der Waals surface area contributed by atoms with Crippen LogP contribution < -0.4 is 0 Å². The third-order valence-corrected chi connectivity index (χ3v) is 0.908. The van der Waals surface area contributed by atoms with Gasteiger partial charge >= 0.3 is 12.1 Å². The van der Waals surface area contributed by atoms with Crippen molar-refractivity contribution in [1.82, 2.24) is 4.98 Å². The number of rotatable bonds is 1. The van der Waals surface area contributed by atoms with Crippen LogP contribution in [0.4, 0.5) is 4.79 Å². The van der Waals surface area contributed by atoms with Crippen molar-refractivity contribution in [2.75, 3.05) is 0 Å². The molecule has 0 aromatic carbocycles. The van der Waals surface area contributed by atoms with Crippen LogP contribution in [0.1, 0.15) is 10.4 Å². The van der Waals surface area contributed by atoms with Crippen molar-refractivity contribution in [2.24, 2.45) is 0 Å². The number of carboxylic acids is 1. The summed E-state index contributed by atoms with van der Waals surface area (Å²) in [6.07, 6.45) is 1.01. The van der Waals surface area contributed by atoms with E-state index in [1.807, 2.05) is 0 Å². The van der Waals surface area contributed by atoms with Crippen LogP contribution in [0, 0.1) is 0 Å². The lowest BCUT2D eigenvalue weighted by molar-refractivity contribution is 0.0696. The Hall–Kier alpha value is -2.11. The Morgan fingerprint density at radius 3 is 2.00 bits per heavy atom. The van der Waals surface area contributed by atoms with E-state index in [1.165, 1.54) is 18.5 Å². The van der Waals surface area contributed by atoms with E-state index in [4.69, 9.17) is 20.1 Å². The molecule has 0 spiro atoms. The second-order valence-corrected chi connectivity index (χ2v) is 1.83. The standard InChI is InChI=1S/C6H5NO2.CH2O3/c8-6(9)5-2-1-3-7-4-5;2-1(3)4/h1-4H,(H,8,9);(H2,2,3,4). The van der Waals surface area contributed by atoms with E-state index < -0.39 is 12.1 Å². The predicted octanol–water partition coefficient (Wildman–Crippen LogP) is 1.00. The number of aromatic carboxylic acids is 1. The van der Waals surface area contributed by atoms with Crippen LogP contribution in [0.3, 0.4) is 0 Å². The van der Waals surface area contributed by atoms with Crippen molar-refractivity contribution < 1.29 is 24.9 Å². The van der Waals surface area contributed by atoms with Gasteiger partial charge in [0.15, 0.2) is 0 Å². The highest BCUT2D eigenvalue weighted by atomic mass is 16.6. The molecule has 6 heteroatoms. The summed E-state index contributed by atoms with van der Waals surface area (Å²) < 4.78 is 0. The van der Waals surface area contributed by atoms with E-state index in [0.29, 0.717) is 0 Å². The summed E-state index contributed by atoms with van der Waals surface area (Å²) in [7, 11) is 0. The van der Waals surface area contributed by atoms with Crippen LogP contribution in [0.5, 0.6) is 0 Å². The highest BCUT2D eigenvalue weighted by Crippen LogP contribution is 1.92. The Bertz CT molecular complexity index is 280. The molecule has 0 aliphatic rings. The lowest BCUT2D eigenvalue weighted by Crippen LogP contribution is -1.94. The zero-order chi connectivity index (χ0) is 10.3. The van der Waals surface area contributed by atoms with Gasteiger partial charge in [0.1, 0.15) is 0 Å². The van der Waals surface area contributed by atoms with Gasteiger partial charge in [-0.3, -0.25) is 4.98 Å². The number of carbonyl (C=O) groups is 2. The largest absolute Gasteiger partial charge is 0.503 e. The molecule has 0 saturated heterocycles. The Kier molecular flexibility index (Phi) is 4.63. The van der Waals surface area contributed by atoms with Crippen LogP contribution in [-0.4, -0.2) is 32.4 Å². The van der Waals surface area contributed by atoms with Gasteiger partial charge in [0, 0.05) is 12.4 Å². The molecule has 0 bridgehead atoms. The van der Waals surface area contributed by atoms with Crippen LogP contribution >= 0.6 is 0 Å². The van der Waals surface area contributed by atoms with E-state index in [2.05, 4.69) is 4.98 Å². The Balaban J connectivity index is 0.000000310. The Labute approximate surface area is 73.1 Å². The van der Waals surface area contributed by atoms with Crippen molar-refractivity contribution in [1.29, 1.82) is 0 Å². The number of hydrogen-bond donors (Lipinski definition) is 3. The van der Waals surface area contributed by atoms with Gasteiger partial charge in [-0.25, -0.2) is 9.59 Å². The minimum Gasteiger partial charge on any atom is -0.478 e. The van der Waals surface area contributed by atoms with Gasteiger partial charge in [0.2, 0.25) is 0 Å². The van der Waals surface area contributed by atoms with Crippen LogP contribution in [-0.2, 0) is 0 Å². The van der Waals surface area contributed by atoms with Crippen molar-refractivity contribution in [3.05, 3.63) is 30.1 Å². The zero-order valence-electron chi connectivity index (χ0n) is 6.41. The van der Waals surface area contributed by atoms with Crippen LogP contribution in [0.15, 0.2) is 24.5 Å². The van der Waals surface area contributed by atoms with Gasteiger partial charge in [0.05, 0.1) is 5.56 Å². The number of hydrogen-bond acceptors (Lipinski definition) is 3. The van der Waals surface area contributed by atoms with Gasteiger partial charge in [-0.1, -0.05) is 0 Å². The summed E-state index contributed by atoms with van der Waals surface area (Å²) in [6.45, 7) is 0. The normalized spacial score (nSPS) is 8.00. The first kappa shape index (κ1) is 10.9. The molecule has 1 aromatic rings. The number of carboxylic acid groups (broad SMARTS) is 3. The van der Waals surface area contributed by atoms with E-state index in [0.717, 1.165) is 0 Å².